The molecule has 2 N–H and O–H groups in total. The molecule has 1 heterocycles. The van der Waals surface area contributed by atoms with E-state index in [-0.39, 0.29) is 18.8 Å². The Balaban J connectivity index is -0.000000183. The molecule has 0 spiro atoms. The van der Waals surface area contributed by atoms with Crippen LogP contribution in [0.1, 0.15) is 69.7 Å². The van der Waals surface area contributed by atoms with Crippen molar-refractivity contribution in [2.75, 3.05) is 6.54 Å². The summed E-state index contributed by atoms with van der Waals surface area (Å²) in [7, 11) is 0. The number of nitrogens with zero attached hydrogens (tertiary/aromatic N) is 1. The van der Waals surface area contributed by atoms with E-state index < -0.39 is 0 Å². The minimum Gasteiger partial charge on any atom is -0.339 e. The van der Waals surface area contributed by atoms with Crippen molar-refractivity contribution in [2.24, 2.45) is 11.1 Å². The summed E-state index contributed by atoms with van der Waals surface area (Å²) in [4.78, 5) is 13.9. The summed E-state index contributed by atoms with van der Waals surface area (Å²) in [5, 5.41) is 0. The molecule has 0 aromatic rings. The fraction of sp³-hybridized carbons (Fsp3) is 0.824. The summed E-state index contributed by atoms with van der Waals surface area (Å²) in [6.07, 6.45) is 2.23. The molecule has 1 saturated heterocycles. The average Bonchev–Trinajstić information content (AvgIpc) is 2.89. The molecular weight excluding hydrogens is 248 g/mol. The summed E-state index contributed by atoms with van der Waals surface area (Å²) < 4.78 is 0. The second kappa shape index (κ2) is 13.2. The van der Waals surface area contributed by atoms with Crippen molar-refractivity contribution in [1.29, 1.82) is 0 Å². The first-order valence-corrected chi connectivity index (χ1v) is 7.90. The number of hydrogen-bond acceptors (Lipinski definition) is 2. The highest BCUT2D eigenvalue weighted by Gasteiger charge is 2.34. The van der Waals surface area contributed by atoms with E-state index in [0.717, 1.165) is 19.4 Å². The lowest BCUT2D eigenvalue weighted by Crippen LogP contribution is -2.51. The highest BCUT2D eigenvalue weighted by atomic mass is 16.2. The third-order valence-electron chi connectivity index (χ3n) is 3.04. The molecule has 3 heteroatoms. The van der Waals surface area contributed by atoms with Crippen LogP contribution >= 0.6 is 0 Å². The van der Waals surface area contributed by atoms with Crippen LogP contribution in [0.4, 0.5) is 0 Å². The first-order valence-electron chi connectivity index (χ1n) is 7.90. The molecule has 1 aliphatic heterocycles. The van der Waals surface area contributed by atoms with Crippen molar-refractivity contribution in [1.82, 2.24) is 4.90 Å². The van der Waals surface area contributed by atoms with E-state index in [1.165, 1.54) is 0 Å². The van der Waals surface area contributed by atoms with Gasteiger partial charge in [-0.2, -0.15) is 0 Å². The van der Waals surface area contributed by atoms with Crippen molar-refractivity contribution in [3.63, 3.8) is 0 Å². The Morgan fingerprint density at radius 2 is 1.65 bits per heavy atom. The second-order valence-corrected chi connectivity index (χ2v) is 5.37. The van der Waals surface area contributed by atoms with Crippen molar-refractivity contribution < 1.29 is 6.22 Å². The summed E-state index contributed by atoms with van der Waals surface area (Å²) in [5.74, 6) is 0.113. The average molecular weight is 289 g/mol. The number of carbonyl (C=O) groups is 1. The first kappa shape index (κ1) is 24.2. The van der Waals surface area contributed by atoms with Crippen LogP contribution in [0.5, 0.6) is 0 Å². The van der Waals surface area contributed by atoms with E-state index in [1.54, 1.807) is 0 Å². The van der Waals surface area contributed by atoms with Crippen molar-refractivity contribution >= 4 is 5.91 Å². The molecular formula is C17H40N2O. The minimum absolute atomic E-state index is 0. The van der Waals surface area contributed by atoms with Gasteiger partial charge < -0.3 is 10.6 Å². The predicted molar refractivity (Wildman–Crippen MR) is 93.9 cm³/mol. The quantitative estimate of drug-likeness (QED) is 0.723. The van der Waals surface area contributed by atoms with E-state index in [2.05, 4.69) is 20.1 Å². The van der Waals surface area contributed by atoms with Crippen molar-refractivity contribution in [3.8, 4) is 0 Å². The first-order chi connectivity index (χ1) is 9.34. The zero-order chi connectivity index (χ0) is 16.9. The molecule has 1 rings (SSSR count). The smallest absolute Gasteiger partial charge is 0.240 e. The standard InChI is InChI=1S/C11H22N2O.2C2H6.C2H4.H2/c1-8-6-5-7-13(8)10(14)9(12)11(2,3)4;3*1-2;/h8-9H,5-7,12H2,1-4H3;2*1-2H3;1-2H2;1H/t8-,9?;;;;/m0..../s1. The van der Waals surface area contributed by atoms with Crippen LogP contribution in [-0.2, 0) is 4.79 Å². The maximum atomic E-state index is 12.0. The maximum absolute atomic E-state index is 12.0. The SMILES string of the molecule is C=C.CC.CC.C[C@H]1CCCN1C(=O)C(N)C(C)(C)C.[HH]. The molecule has 3 nitrogen and oxygen atoms in total. The highest BCUT2D eigenvalue weighted by molar-refractivity contribution is 5.83. The number of likely N-dealkylation sites (tertiary alicyclic amines) is 1. The van der Waals surface area contributed by atoms with E-state index in [1.807, 2.05) is 53.4 Å². The van der Waals surface area contributed by atoms with Gasteiger partial charge in [0.25, 0.3) is 0 Å². The normalized spacial score (nSPS) is 18.4. The predicted octanol–water partition coefficient (Wildman–Crippen LogP) is 4.47. The Hall–Kier alpha value is -0.830. The highest BCUT2D eigenvalue weighted by Crippen LogP contribution is 2.23. The number of nitrogens with two attached hydrogens (primary N) is 1. The summed E-state index contributed by atoms with van der Waals surface area (Å²) in [5.41, 5.74) is 5.81. The number of hydrogen-bond donors (Lipinski definition) is 1. The van der Waals surface area contributed by atoms with Gasteiger partial charge in [0.15, 0.2) is 0 Å². The molecule has 0 bridgehead atoms. The Kier molecular flexibility index (Phi) is 15.9. The number of carbonyl (C=O) groups excluding carboxylic acids is 1. The minimum atomic E-state index is -0.372. The van der Waals surface area contributed by atoms with Crippen LogP contribution in [0.3, 0.4) is 0 Å². The Morgan fingerprint density at radius 1 is 1.25 bits per heavy atom. The van der Waals surface area contributed by atoms with Gasteiger partial charge in [0.2, 0.25) is 5.91 Å². The largest absolute Gasteiger partial charge is 0.339 e. The van der Waals surface area contributed by atoms with Crippen LogP contribution in [-0.4, -0.2) is 29.4 Å². The molecule has 124 valence electrons. The van der Waals surface area contributed by atoms with Crippen LogP contribution in [0.2, 0.25) is 0 Å². The number of rotatable bonds is 1. The monoisotopic (exact) mass is 288 g/mol. The van der Waals surface area contributed by atoms with Gasteiger partial charge in [0, 0.05) is 14.0 Å². The van der Waals surface area contributed by atoms with Crippen molar-refractivity contribution in [3.05, 3.63) is 13.2 Å². The van der Waals surface area contributed by atoms with Gasteiger partial charge >= 0.3 is 0 Å². The maximum Gasteiger partial charge on any atom is 0.240 e. The van der Waals surface area contributed by atoms with Gasteiger partial charge in [0.1, 0.15) is 0 Å². The third-order valence-corrected chi connectivity index (χ3v) is 3.04. The lowest BCUT2D eigenvalue weighted by molar-refractivity contribution is -0.135. The van der Waals surface area contributed by atoms with Gasteiger partial charge in [-0.1, -0.05) is 48.5 Å². The summed E-state index contributed by atoms with van der Waals surface area (Å²) in [6, 6.07) is -0.000972. The lowest BCUT2D eigenvalue weighted by atomic mass is 9.86. The zero-order valence-electron chi connectivity index (χ0n) is 15.1. The molecule has 0 aromatic heterocycles. The summed E-state index contributed by atoms with van der Waals surface area (Å²) in [6.45, 7) is 23.0. The molecule has 0 radical (unpaired) electrons. The van der Waals surface area contributed by atoms with Gasteiger partial charge in [-0.3, -0.25) is 4.79 Å². The van der Waals surface area contributed by atoms with Crippen LogP contribution < -0.4 is 5.73 Å². The molecule has 1 unspecified atom stereocenters. The molecule has 1 aliphatic rings. The molecule has 1 fully saturated rings. The molecule has 1 amide bonds. The molecule has 20 heavy (non-hydrogen) atoms. The molecule has 0 saturated carbocycles. The second-order valence-electron chi connectivity index (χ2n) is 5.37. The molecule has 0 aliphatic carbocycles. The molecule has 2 atom stereocenters. The third kappa shape index (κ3) is 8.36. The molecule has 0 aromatic carbocycles. The Morgan fingerprint density at radius 3 is 1.90 bits per heavy atom. The van der Waals surface area contributed by atoms with Gasteiger partial charge in [-0.25, -0.2) is 0 Å². The Labute approximate surface area is 129 Å². The topological polar surface area (TPSA) is 46.3 Å². The van der Waals surface area contributed by atoms with Crippen molar-refractivity contribution in [2.45, 2.75) is 80.3 Å². The van der Waals surface area contributed by atoms with Gasteiger partial charge in [0.05, 0.1) is 6.04 Å². The van der Waals surface area contributed by atoms with Crippen LogP contribution in [0.25, 0.3) is 0 Å². The van der Waals surface area contributed by atoms with E-state index >= 15 is 0 Å². The zero-order valence-corrected chi connectivity index (χ0v) is 15.1. The lowest BCUT2D eigenvalue weighted by Gasteiger charge is -2.31. The van der Waals surface area contributed by atoms with E-state index in [0.29, 0.717) is 6.04 Å². The van der Waals surface area contributed by atoms with Crippen LogP contribution in [0.15, 0.2) is 13.2 Å². The fourth-order valence-electron chi connectivity index (χ4n) is 1.81. The van der Waals surface area contributed by atoms with Gasteiger partial charge in [-0.05, 0) is 25.2 Å². The van der Waals surface area contributed by atoms with Crippen LogP contribution in [0, 0.1) is 5.41 Å². The van der Waals surface area contributed by atoms with Gasteiger partial charge in [-0.15, -0.1) is 13.2 Å². The fourth-order valence-corrected chi connectivity index (χ4v) is 1.81. The van der Waals surface area contributed by atoms with E-state index in [9.17, 15) is 4.79 Å². The Bertz CT molecular complexity index is 235. The summed E-state index contributed by atoms with van der Waals surface area (Å²) >= 11 is 0. The number of amides is 1. The van der Waals surface area contributed by atoms with E-state index in [4.69, 9.17) is 5.73 Å².